The van der Waals surface area contributed by atoms with E-state index < -0.39 is 14.1 Å². The lowest BCUT2D eigenvalue weighted by Crippen LogP contribution is -2.34. The van der Waals surface area contributed by atoms with Gasteiger partial charge in [-0.2, -0.15) is 4.98 Å². The van der Waals surface area contributed by atoms with Crippen molar-refractivity contribution in [3.05, 3.63) is 22.7 Å². The van der Waals surface area contributed by atoms with Gasteiger partial charge < -0.3 is 19.9 Å². The molecule has 1 aliphatic rings. The third kappa shape index (κ3) is 2.76. The quantitative estimate of drug-likeness (QED) is 0.681. The van der Waals surface area contributed by atoms with Gasteiger partial charge in [-0.05, 0) is 6.07 Å². The van der Waals surface area contributed by atoms with Crippen molar-refractivity contribution in [3.63, 3.8) is 0 Å². The highest BCUT2D eigenvalue weighted by atomic mass is 31.2. The van der Waals surface area contributed by atoms with Crippen molar-refractivity contribution in [2.45, 2.75) is 12.6 Å². The second-order valence-corrected chi connectivity index (χ2v) is 4.57. The van der Waals surface area contributed by atoms with Crippen molar-refractivity contribution in [3.8, 4) is 0 Å². The highest BCUT2D eigenvalue weighted by Crippen LogP contribution is 2.35. The highest BCUT2D eigenvalue weighted by Gasteiger charge is 2.21. The lowest BCUT2D eigenvalue weighted by atomic mass is 10.3. The third-order valence-electron chi connectivity index (χ3n) is 2.13. The van der Waals surface area contributed by atoms with E-state index >= 15 is 0 Å². The van der Waals surface area contributed by atoms with E-state index in [-0.39, 0.29) is 24.9 Å². The fourth-order valence-corrected chi connectivity index (χ4v) is 2.08. The van der Waals surface area contributed by atoms with Crippen LogP contribution in [0.1, 0.15) is 0 Å². The van der Waals surface area contributed by atoms with Crippen molar-refractivity contribution in [2.24, 2.45) is 0 Å². The van der Waals surface area contributed by atoms with Crippen LogP contribution in [0.2, 0.25) is 0 Å². The maximum Gasteiger partial charge on any atom is 0.349 e. The fraction of sp³-hybridized carbons (Fsp3) is 0.500. The largest absolute Gasteiger partial charge is 0.383 e. The van der Waals surface area contributed by atoms with E-state index in [1.54, 1.807) is 12.3 Å². The van der Waals surface area contributed by atoms with E-state index in [1.165, 1.54) is 4.57 Å². The van der Waals surface area contributed by atoms with Gasteiger partial charge in [-0.3, -0.25) is 4.57 Å². The lowest BCUT2D eigenvalue weighted by Gasteiger charge is -2.25. The van der Waals surface area contributed by atoms with Crippen molar-refractivity contribution in [2.75, 3.05) is 18.7 Å². The average Bonchev–Trinajstić information content (AvgIpc) is 2.25. The standard InChI is InChI=1S/C8H12N3O4P/c9-7-1-2-11(8(12)10-7)3-6-4-15-16(13)5-14-6/h1-2,6,13H,3-5H2,(H2,9,10,12). The number of rotatable bonds is 2. The topological polar surface area (TPSA) is 99.6 Å². The summed E-state index contributed by atoms with van der Waals surface area (Å²) in [6.45, 7) is 0.619. The number of hydrogen-bond acceptors (Lipinski definition) is 6. The first-order valence-corrected chi connectivity index (χ1v) is 6.09. The summed E-state index contributed by atoms with van der Waals surface area (Å²) in [5.74, 6) is 0.195. The highest BCUT2D eigenvalue weighted by molar-refractivity contribution is 7.45. The Balaban J connectivity index is 2.01. The van der Waals surface area contributed by atoms with Crippen molar-refractivity contribution in [1.29, 1.82) is 0 Å². The van der Waals surface area contributed by atoms with Crippen LogP contribution in [0.25, 0.3) is 0 Å². The van der Waals surface area contributed by atoms with Gasteiger partial charge in [-0.15, -0.1) is 0 Å². The summed E-state index contributed by atoms with van der Waals surface area (Å²) in [7, 11) is -1.45. The van der Waals surface area contributed by atoms with Crippen LogP contribution in [-0.2, 0) is 15.8 Å². The van der Waals surface area contributed by atoms with E-state index in [0.717, 1.165) is 0 Å². The number of nitrogens with two attached hydrogens (primary N) is 1. The SMILES string of the molecule is Nc1ccn(CC2COP(O)CO2)c(=O)n1. The van der Waals surface area contributed by atoms with Gasteiger partial charge in [-0.25, -0.2) is 4.79 Å². The molecule has 3 N–H and O–H groups in total. The lowest BCUT2D eigenvalue weighted by molar-refractivity contribution is 0.00224. The minimum absolute atomic E-state index is 0.178. The summed E-state index contributed by atoms with van der Waals surface area (Å²) in [4.78, 5) is 24.1. The van der Waals surface area contributed by atoms with E-state index in [0.29, 0.717) is 6.54 Å². The summed E-state index contributed by atoms with van der Waals surface area (Å²) in [5, 5.41) is 0. The molecule has 1 aromatic heterocycles. The van der Waals surface area contributed by atoms with Crippen LogP contribution in [0, 0.1) is 0 Å². The van der Waals surface area contributed by atoms with Crippen LogP contribution in [0.5, 0.6) is 0 Å². The monoisotopic (exact) mass is 245 g/mol. The van der Waals surface area contributed by atoms with E-state index in [9.17, 15) is 4.79 Å². The molecule has 0 aliphatic carbocycles. The summed E-state index contributed by atoms with van der Waals surface area (Å²) < 4.78 is 11.8. The Labute approximate surface area is 92.7 Å². The van der Waals surface area contributed by atoms with E-state index in [2.05, 4.69) is 4.98 Å². The number of anilines is 1. The molecule has 7 nitrogen and oxygen atoms in total. The number of aromatic nitrogens is 2. The van der Waals surface area contributed by atoms with Gasteiger partial charge in [0.1, 0.15) is 12.2 Å². The summed E-state index contributed by atoms with van der Waals surface area (Å²) in [6, 6.07) is 1.55. The van der Waals surface area contributed by atoms with Gasteiger partial charge in [0.15, 0.2) is 8.38 Å². The van der Waals surface area contributed by atoms with Gasteiger partial charge in [0.2, 0.25) is 0 Å². The number of nitrogen functional groups attached to an aromatic ring is 1. The fourth-order valence-electron chi connectivity index (χ4n) is 1.33. The zero-order valence-corrected chi connectivity index (χ0v) is 9.34. The predicted molar refractivity (Wildman–Crippen MR) is 57.7 cm³/mol. The number of nitrogens with zero attached hydrogens (tertiary/aromatic N) is 2. The molecule has 8 heteroatoms. The van der Waals surface area contributed by atoms with E-state index in [4.69, 9.17) is 19.9 Å². The minimum Gasteiger partial charge on any atom is -0.383 e. The molecule has 1 aromatic rings. The summed E-state index contributed by atoms with van der Waals surface area (Å²) >= 11 is 0. The van der Waals surface area contributed by atoms with Crippen molar-refractivity contribution in [1.82, 2.24) is 9.55 Å². The summed E-state index contributed by atoms with van der Waals surface area (Å²) in [6.07, 6.45) is 1.50. The Morgan fingerprint density at radius 2 is 2.56 bits per heavy atom. The number of hydrogen-bond donors (Lipinski definition) is 2. The average molecular weight is 245 g/mol. The molecule has 88 valence electrons. The zero-order valence-electron chi connectivity index (χ0n) is 8.44. The first-order chi connectivity index (χ1) is 7.65. The second-order valence-electron chi connectivity index (χ2n) is 3.35. The molecule has 0 aromatic carbocycles. The minimum atomic E-state index is -1.45. The van der Waals surface area contributed by atoms with Crippen LogP contribution in [0.15, 0.2) is 17.1 Å². The second kappa shape index (κ2) is 4.88. The molecule has 0 amide bonds. The Morgan fingerprint density at radius 1 is 1.75 bits per heavy atom. The molecule has 2 heterocycles. The molecule has 16 heavy (non-hydrogen) atoms. The molecule has 0 bridgehead atoms. The van der Waals surface area contributed by atoms with Gasteiger partial charge in [-0.1, -0.05) is 0 Å². The normalized spacial score (nSPS) is 25.6. The maximum absolute atomic E-state index is 11.4. The molecule has 1 fully saturated rings. The Kier molecular flexibility index (Phi) is 3.50. The van der Waals surface area contributed by atoms with Crippen LogP contribution in [0.4, 0.5) is 5.82 Å². The van der Waals surface area contributed by atoms with Gasteiger partial charge in [0.25, 0.3) is 0 Å². The third-order valence-corrected chi connectivity index (χ3v) is 2.94. The van der Waals surface area contributed by atoms with Crippen molar-refractivity contribution >= 4 is 14.2 Å². The smallest absolute Gasteiger partial charge is 0.349 e. The molecule has 0 spiro atoms. The maximum atomic E-state index is 11.4. The van der Waals surface area contributed by atoms with Crippen LogP contribution in [-0.4, -0.2) is 33.5 Å². The molecular formula is C8H12N3O4P. The Bertz CT molecular complexity index is 416. The Hall–Kier alpha value is -1.01. The summed E-state index contributed by atoms with van der Waals surface area (Å²) in [5.41, 5.74) is 4.95. The molecular weight excluding hydrogens is 233 g/mol. The van der Waals surface area contributed by atoms with Gasteiger partial charge in [0.05, 0.1) is 19.3 Å². The van der Waals surface area contributed by atoms with Gasteiger partial charge >= 0.3 is 5.69 Å². The first-order valence-electron chi connectivity index (χ1n) is 4.69. The molecule has 2 rings (SSSR count). The van der Waals surface area contributed by atoms with E-state index in [1.807, 2.05) is 0 Å². The van der Waals surface area contributed by atoms with Crippen LogP contribution < -0.4 is 11.4 Å². The molecule has 0 saturated carbocycles. The first kappa shape index (κ1) is 11.5. The molecule has 1 saturated heterocycles. The Morgan fingerprint density at radius 3 is 3.19 bits per heavy atom. The molecule has 0 radical (unpaired) electrons. The molecule has 1 aliphatic heterocycles. The zero-order chi connectivity index (χ0) is 11.5. The van der Waals surface area contributed by atoms with Crippen molar-refractivity contribution < 1.29 is 14.2 Å². The molecule has 2 unspecified atom stereocenters. The predicted octanol–water partition coefficient (Wildman–Crippen LogP) is -0.497. The van der Waals surface area contributed by atoms with Gasteiger partial charge in [0, 0.05) is 6.20 Å². The van der Waals surface area contributed by atoms with Crippen LogP contribution >= 0.6 is 8.38 Å². The molecule has 2 atom stereocenters. The van der Waals surface area contributed by atoms with Crippen LogP contribution in [0.3, 0.4) is 0 Å². The number of ether oxygens (including phenoxy) is 1.